The van der Waals surface area contributed by atoms with E-state index in [1.807, 2.05) is 6.07 Å². The lowest BCUT2D eigenvalue weighted by Gasteiger charge is -2.35. The summed E-state index contributed by atoms with van der Waals surface area (Å²) in [6.45, 7) is 6.92. The van der Waals surface area contributed by atoms with Crippen LogP contribution in [0.4, 0.5) is 4.39 Å². The van der Waals surface area contributed by atoms with Gasteiger partial charge in [0.25, 0.3) is 0 Å². The summed E-state index contributed by atoms with van der Waals surface area (Å²) in [4.78, 5) is 6.63. The molecule has 0 aromatic heterocycles. The first-order valence-electron chi connectivity index (χ1n) is 9.26. The molecule has 2 N–H and O–H groups in total. The summed E-state index contributed by atoms with van der Waals surface area (Å²) < 4.78 is 19.2. The van der Waals surface area contributed by atoms with E-state index in [1.54, 1.807) is 19.2 Å². The number of nitrogens with one attached hydrogen (secondary N) is 2. The molecule has 7 heteroatoms. The molecule has 1 saturated heterocycles. The van der Waals surface area contributed by atoms with E-state index in [1.165, 1.54) is 18.9 Å². The molecule has 1 fully saturated rings. The zero-order chi connectivity index (χ0) is 17.9. The molecule has 1 aliphatic heterocycles. The Balaban J connectivity index is 0.00000338. The maximum absolute atomic E-state index is 13.7. The number of halogens is 2. The molecule has 0 aliphatic carbocycles. The summed E-state index contributed by atoms with van der Waals surface area (Å²) in [6, 6.07) is 6.97. The maximum Gasteiger partial charge on any atom is 0.191 e. The number of benzene rings is 1. The quantitative estimate of drug-likeness (QED) is 0.261. The number of hydrogen-bond acceptors (Lipinski definition) is 3. The first kappa shape index (κ1) is 23.1. The molecule has 5 nitrogen and oxygen atoms in total. The fourth-order valence-electron chi connectivity index (χ4n) is 3.06. The topological polar surface area (TPSA) is 48.9 Å². The van der Waals surface area contributed by atoms with Crippen molar-refractivity contribution < 1.29 is 9.13 Å². The van der Waals surface area contributed by atoms with Crippen molar-refractivity contribution in [3.8, 4) is 0 Å². The molecular formula is C19H32FIN4O. The zero-order valence-electron chi connectivity index (χ0n) is 15.8. The molecule has 0 amide bonds. The lowest BCUT2D eigenvalue weighted by Crippen LogP contribution is -2.46. The van der Waals surface area contributed by atoms with Gasteiger partial charge in [0, 0.05) is 33.2 Å². The van der Waals surface area contributed by atoms with E-state index >= 15 is 0 Å². The molecule has 2 rings (SSSR count). The van der Waals surface area contributed by atoms with Crippen LogP contribution in [0.25, 0.3) is 0 Å². The number of aliphatic imine (C=N–C) groups is 1. The van der Waals surface area contributed by atoms with Crippen molar-refractivity contribution in [3.63, 3.8) is 0 Å². The van der Waals surface area contributed by atoms with E-state index in [9.17, 15) is 4.39 Å². The fourth-order valence-corrected chi connectivity index (χ4v) is 3.06. The summed E-state index contributed by atoms with van der Waals surface area (Å²) in [5.41, 5.74) is 0.982. The molecule has 0 bridgehead atoms. The van der Waals surface area contributed by atoms with Crippen LogP contribution in [0.3, 0.4) is 0 Å². The van der Waals surface area contributed by atoms with Crippen molar-refractivity contribution in [2.45, 2.75) is 32.2 Å². The molecule has 0 spiro atoms. The second kappa shape index (κ2) is 13.3. The van der Waals surface area contributed by atoms with Crippen molar-refractivity contribution >= 4 is 29.9 Å². The van der Waals surface area contributed by atoms with Gasteiger partial charge in [-0.3, -0.25) is 9.89 Å². The number of nitrogens with zero attached hydrogens (tertiary/aromatic N) is 2. The van der Waals surface area contributed by atoms with Crippen molar-refractivity contribution in [2.75, 3.05) is 46.4 Å². The van der Waals surface area contributed by atoms with Crippen LogP contribution >= 0.6 is 24.0 Å². The monoisotopic (exact) mass is 478 g/mol. The maximum atomic E-state index is 13.7. The molecule has 0 saturated carbocycles. The predicted molar refractivity (Wildman–Crippen MR) is 116 cm³/mol. The molecule has 26 heavy (non-hydrogen) atoms. The van der Waals surface area contributed by atoms with Crippen molar-refractivity contribution in [1.82, 2.24) is 15.5 Å². The van der Waals surface area contributed by atoms with Gasteiger partial charge in [0.15, 0.2) is 5.96 Å². The second-order valence-corrected chi connectivity index (χ2v) is 6.31. The van der Waals surface area contributed by atoms with Gasteiger partial charge in [0.2, 0.25) is 0 Å². The lowest BCUT2D eigenvalue weighted by molar-refractivity contribution is 0.0169. The number of ether oxygens (including phenoxy) is 1. The first-order chi connectivity index (χ1) is 12.2. The van der Waals surface area contributed by atoms with Crippen LogP contribution < -0.4 is 10.6 Å². The number of morpholine rings is 1. The molecule has 1 aromatic carbocycles. The minimum Gasteiger partial charge on any atom is -0.379 e. The van der Waals surface area contributed by atoms with Crippen LogP contribution in [0.1, 0.15) is 37.8 Å². The SMILES string of the molecule is CCCCCNC(=NC)NCC(c1cccc(F)c1)N1CCOCC1.I. The van der Waals surface area contributed by atoms with Gasteiger partial charge in [-0.1, -0.05) is 31.9 Å². The molecule has 1 heterocycles. The Labute approximate surface area is 173 Å². The minimum absolute atomic E-state index is 0. The van der Waals surface area contributed by atoms with E-state index in [0.717, 1.165) is 50.8 Å². The molecular weight excluding hydrogens is 446 g/mol. The van der Waals surface area contributed by atoms with E-state index in [-0.39, 0.29) is 35.8 Å². The highest BCUT2D eigenvalue weighted by Crippen LogP contribution is 2.22. The summed E-state index contributed by atoms with van der Waals surface area (Å²) >= 11 is 0. The summed E-state index contributed by atoms with van der Waals surface area (Å²) in [6.07, 6.45) is 3.55. The van der Waals surface area contributed by atoms with Gasteiger partial charge < -0.3 is 15.4 Å². The first-order valence-corrected chi connectivity index (χ1v) is 9.26. The Bertz CT molecular complexity index is 538. The molecule has 1 atom stereocenters. The van der Waals surface area contributed by atoms with Gasteiger partial charge >= 0.3 is 0 Å². The van der Waals surface area contributed by atoms with E-state index in [4.69, 9.17) is 4.74 Å². The summed E-state index contributed by atoms with van der Waals surface area (Å²) in [5.74, 6) is 0.601. The Morgan fingerprint density at radius 3 is 2.69 bits per heavy atom. The van der Waals surface area contributed by atoms with Gasteiger partial charge in [-0.15, -0.1) is 24.0 Å². The Hall–Kier alpha value is -0.930. The van der Waals surface area contributed by atoms with Crippen molar-refractivity contribution in [3.05, 3.63) is 35.6 Å². The average Bonchev–Trinajstić information content (AvgIpc) is 2.64. The largest absolute Gasteiger partial charge is 0.379 e. The van der Waals surface area contributed by atoms with Gasteiger partial charge in [-0.05, 0) is 24.1 Å². The number of unbranched alkanes of at least 4 members (excludes halogenated alkanes) is 2. The van der Waals surface area contributed by atoms with Crippen LogP contribution in [-0.4, -0.2) is 57.3 Å². The van der Waals surface area contributed by atoms with Crippen LogP contribution in [0.2, 0.25) is 0 Å². The van der Waals surface area contributed by atoms with Crippen LogP contribution in [0, 0.1) is 5.82 Å². The number of rotatable bonds is 8. The predicted octanol–water partition coefficient (Wildman–Crippen LogP) is 3.17. The summed E-state index contributed by atoms with van der Waals surface area (Å²) in [5, 5.41) is 6.74. The van der Waals surface area contributed by atoms with E-state index in [2.05, 4.69) is 27.4 Å². The van der Waals surface area contributed by atoms with E-state index in [0.29, 0.717) is 6.54 Å². The molecule has 148 valence electrons. The Morgan fingerprint density at radius 2 is 2.04 bits per heavy atom. The zero-order valence-corrected chi connectivity index (χ0v) is 18.2. The Morgan fingerprint density at radius 1 is 1.27 bits per heavy atom. The van der Waals surface area contributed by atoms with E-state index < -0.39 is 0 Å². The molecule has 0 radical (unpaired) electrons. The lowest BCUT2D eigenvalue weighted by atomic mass is 10.0. The highest BCUT2D eigenvalue weighted by molar-refractivity contribution is 14.0. The normalized spacial score (nSPS) is 16.7. The highest BCUT2D eigenvalue weighted by Gasteiger charge is 2.23. The van der Waals surface area contributed by atoms with Crippen LogP contribution in [0.15, 0.2) is 29.3 Å². The van der Waals surface area contributed by atoms with Gasteiger partial charge in [-0.2, -0.15) is 0 Å². The minimum atomic E-state index is -0.196. The summed E-state index contributed by atoms with van der Waals surface area (Å²) in [7, 11) is 1.78. The third-order valence-electron chi connectivity index (χ3n) is 4.48. The molecule has 1 unspecified atom stereocenters. The Kier molecular flexibility index (Phi) is 11.8. The van der Waals surface area contributed by atoms with Crippen molar-refractivity contribution in [1.29, 1.82) is 0 Å². The van der Waals surface area contributed by atoms with Gasteiger partial charge in [0.05, 0.1) is 19.3 Å². The smallest absolute Gasteiger partial charge is 0.191 e. The number of hydrogen-bond donors (Lipinski definition) is 2. The average molecular weight is 478 g/mol. The third kappa shape index (κ3) is 7.75. The fraction of sp³-hybridized carbons (Fsp3) is 0.632. The molecule has 1 aromatic rings. The van der Waals surface area contributed by atoms with Crippen molar-refractivity contribution in [2.24, 2.45) is 4.99 Å². The van der Waals surface area contributed by atoms with Gasteiger partial charge in [-0.25, -0.2) is 4.39 Å². The number of guanidine groups is 1. The highest BCUT2D eigenvalue weighted by atomic mass is 127. The standard InChI is InChI=1S/C19H31FN4O.HI/c1-3-4-5-9-22-19(21-2)23-15-18(24-10-12-25-13-11-24)16-7-6-8-17(20)14-16;/h6-8,14,18H,3-5,9-13,15H2,1-2H3,(H2,21,22,23);1H. The second-order valence-electron chi connectivity index (χ2n) is 6.31. The van der Waals surface area contributed by atoms with Crippen LogP contribution in [-0.2, 0) is 4.74 Å². The van der Waals surface area contributed by atoms with Gasteiger partial charge in [0.1, 0.15) is 5.82 Å². The third-order valence-corrected chi connectivity index (χ3v) is 4.48. The van der Waals surface area contributed by atoms with Crippen LogP contribution in [0.5, 0.6) is 0 Å². The molecule has 1 aliphatic rings.